The predicted molar refractivity (Wildman–Crippen MR) is 97.6 cm³/mol. The minimum Gasteiger partial charge on any atom is -0.342 e. The first-order valence-corrected chi connectivity index (χ1v) is 8.49. The number of hydrogen-bond donors (Lipinski definition) is 1. The van der Waals surface area contributed by atoms with Gasteiger partial charge in [-0.1, -0.05) is 35.9 Å². The van der Waals surface area contributed by atoms with Crippen LogP contribution < -0.4 is 5.32 Å². The second-order valence-corrected chi connectivity index (χ2v) is 6.14. The number of benzene rings is 2. The molecular weight excluding hydrogens is 298 g/mol. The number of nitrogens with zero attached hydrogens (tertiary/aromatic N) is 2. The van der Waals surface area contributed by atoms with Gasteiger partial charge in [0.2, 0.25) is 5.96 Å². The van der Waals surface area contributed by atoms with Crippen molar-refractivity contribution in [2.24, 2.45) is 4.99 Å². The second kappa shape index (κ2) is 7.77. The predicted octanol–water partition coefficient (Wildman–Crippen LogP) is 3.90. The summed E-state index contributed by atoms with van der Waals surface area (Å²) in [5.74, 6) is 0.527. The van der Waals surface area contributed by atoms with Crippen molar-refractivity contribution in [3.63, 3.8) is 0 Å². The number of guanidine groups is 1. The van der Waals surface area contributed by atoms with E-state index in [1.165, 1.54) is 12.0 Å². The van der Waals surface area contributed by atoms with Gasteiger partial charge in [0.05, 0.1) is 5.69 Å². The largest absolute Gasteiger partial charge is 0.342 e. The van der Waals surface area contributed by atoms with E-state index >= 15 is 0 Å². The van der Waals surface area contributed by atoms with Gasteiger partial charge < -0.3 is 4.90 Å². The van der Waals surface area contributed by atoms with Crippen LogP contribution in [0.2, 0.25) is 0 Å². The molecule has 1 aliphatic rings. The van der Waals surface area contributed by atoms with E-state index in [4.69, 9.17) is 4.99 Å². The van der Waals surface area contributed by atoms with E-state index in [0.29, 0.717) is 11.5 Å². The van der Waals surface area contributed by atoms with Crippen molar-refractivity contribution in [1.82, 2.24) is 10.2 Å². The molecule has 2 aromatic carbocycles. The number of hydrogen-bond acceptors (Lipinski definition) is 2. The first kappa shape index (κ1) is 16.2. The quantitative estimate of drug-likeness (QED) is 0.673. The van der Waals surface area contributed by atoms with Crippen LogP contribution in [0.4, 0.5) is 5.69 Å². The number of likely N-dealkylation sites (tertiary alicyclic amines) is 1. The van der Waals surface area contributed by atoms with E-state index in [1.807, 2.05) is 54.6 Å². The molecule has 24 heavy (non-hydrogen) atoms. The average Bonchev–Trinajstić information content (AvgIpc) is 2.64. The van der Waals surface area contributed by atoms with Crippen LogP contribution in [0.1, 0.15) is 35.2 Å². The Bertz CT molecular complexity index is 701. The molecular formula is C20H23N3O. The van der Waals surface area contributed by atoms with E-state index in [1.54, 1.807) is 0 Å². The Morgan fingerprint density at radius 1 is 0.958 bits per heavy atom. The molecule has 1 amide bonds. The standard InChI is InChI=1S/C20H23N3O/c1-16-10-12-18(13-11-16)21-20(23-14-6-3-7-15-23)22-19(24)17-8-4-2-5-9-17/h2,4-5,8-13H,3,6-7,14-15H2,1H3,(H,21,22,24). The summed E-state index contributed by atoms with van der Waals surface area (Å²) in [7, 11) is 0. The number of carbonyl (C=O) groups is 1. The molecule has 0 aliphatic carbocycles. The molecule has 2 aromatic rings. The summed E-state index contributed by atoms with van der Waals surface area (Å²) in [5.41, 5.74) is 2.70. The van der Waals surface area contributed by atoms with Crippen molar-refractivity contribution in [2.75, 3.05) is 13.1 Å². The summed E-state index contributed by atoms with van der Waals surface area (Å²) in [6, 6.07) is 17.3. The third-order valence-corrected chi connectivity index (χ3v) is 4.19. The average molecular weight is 321 g/mol. The lowest BCUT2D eigenvalue weighted by Crippen LogP contribution is -2.46. The number of carbonyl (C=O) groups excluding carboxylic acids is 1. The normalized spacial score (nSPS) is 15.2. The van der Waals surface area contributed by atoms with Gasteiger partial charge >= 0.3 is 0 Å². The molecule has 3 rings (SSSR count). The van der Waals surface area contributed by atoms with Crippen molar-refractivity contribution in [3.8, 4) is 0 Å². The molecule has 0 spiro atoms. The summed E-state index contributed by atoms with van der Waals surface area (Å²) in [5, 5.41) is 3.00. The Kier molecular flexibility index (Phi) is 5.26. The van der Waals surface area contributed by atoms with Gasteiger partial charge in [-0.3, -0.25) is 10.1 Å². The van der Waals surface area contributed by atoms with Crippen LogP contribution in [-0.2, 0) is 0 Å². The summed E-state index contributed by atoms with van der Waals surface area (Å²) in [6.07, 6.45) is 3.50. The first-order chi connectivity index (χ1) is 11.7. The third kappa shape index (κ3) is 4.22. The molecule has 0 unspecified atom stereocenters. The van der Waals surface area contributed by atoms with Crippen LogP contribution >= 0.6 is 0 Å². The molecule has 1 aliphatic heterocycles. The lowest BCUT2D eigenvalue weighted by atomic mass is 10.1. The van der Waals surface area contributed by atoms with Crippen LogP contribution in [0.5, 0.6) is 0 Å². The Hall–Kier alpha value is -2.62. The topological polar surface area (TPSA) is 44.7 Å². The highest BCUT2D eigenvalue weighted by Gasteiger charge is 2.18. The van der Waals surface area contributed by atoms with Crippen LogP contribution in [0, 0.1) is 6.92 Å². The van der Waals surface area contributed by atoms with E-state index in [2.05, 4.69) is 17.1 Å². The van der Waals surface area contributed by atoms with Gasteiger partial charge in [-0.25, -0.2) is 4.99 Å². The summed E-state index contributed by atoms with van der Waals surface area (Å²) < 4.78 is 0. The fourth-order valence-corrected chi connectivity index (χ4v) is 2.79. The molecule has 0 bridgehead atoms. The monoisotopic (exact) mass is 321 g/mol. The van der Waals surface area contributed by atoms with Crippen LogP contribution in [0.25, 0.3) is 0 Å². The Morgan fingerprint density at radius 3 is 2.29 bits per heavy atom. The van der Waals surface area contributed by atoms with Gasteiger partial charge in [-0.15, -0.1) is 0 Å². The van der Waals surface area contributed by atoms with Gasteiger partial charge in [-0.05, 0) is 50.5 Å². The van der Waals surface area contributed by atoms with E-state index in [0.717, 1.165) is 31.6 Å². The molecule has 0 atom stereocenters. The molecule has 1 saturated heterocycles. The van der Waals surface area contributed by atoms with Gasteiger partial charge in [-0.2, -0.15) is 0 Å². The molecule has 1 N–H and O–H groups in total. The number of aliphatic imine (C=N–C) groups is 1. The Labute approximate surface area is 143 Å². The maximum absolute atomic E-state index is 12.5. The maximum atomic E-state index is 12.5. The van der Waals surface area contributed by atoms with Crippen molar-refractivity contribution in [3.05, 3.63) is 65.7 Å². The summed E-state index contributed by atoms with van der Waals surface area (Å²) >= 11 is 0. The number of aryl methyl sites for hydroxylation is 1. The molecule has 0 saturated carbocycles. The minimum absolute atomic E-state index is 0.118. The third-order valence-electron chi connectivity index (χ3n) is 4.19. The first-order valence-electron chi connectivity index (χ1n) is 8.49. The van der Waals surface area contributed by atoms with Crippen molar-refractivity contribution in [1.29, 1.82) is 0 Å². The summed E-state index contributed by atoms with van der Waals surface area (Å²) in [4.78, 5) is 19.4. The Morgan fingerprint density at radius 2 is 1.62 bits per heavy atom. The highest BCUT2D eigenvalue weighted by Crippen LogP contribution is 2.16. The Balaban J connectivity index is 1.84. The van der Waals surface area contributed by atoms with Gasteiger partial charge in [0.15, 0.2) is 0 Å². The molecule has 0 aromatic heterocycles. The number of amides is 1. The zero-order valence-corrected chi connectivity index (χ0v) is 14.0. The van der Waals surface area contributed by atoms with E-state index in [-0.39, 0.29) is 5.91 Å². The van der Waals surface area contributed by atoms with E-state index in [9.17, 15) is 4.79 Å². The van der Waals surface area contributed by atoms with Crippen molar-refractivity contribution < 1.29 is 4.79 Å². The SMILES string of the molecule is Cc1ccc(N=C(NC(=O)c2ccccc2)N2CCCCC2)cc1. The lowest BCUT2D eigenvalue weighted by molar-refractivity contribution is 0.0971. The number of nitrogens with one attached hydrogen (secondary N) is 1. The molecule has 0 radical (unpaired) electrons. The smallest absolute Gasteiger partial charge is 0.257 e. The van der Waals surface area contributed by atoms with Crippen molar-refractivity contribution in [2.45, 2.75) is 26.2 Å². The second-order valence-electron chi connectivity index (χ2n) is 6.14. The van der Waals surface area contributed by atoms with Crippen LogP contribution in [0.15, 0.2) is 59.6 Å². The zero-order valence-electron chi connectivity index (χ0n) is 14.0. The summed E-state index contributed by atoms with van der Waals surface area (Å²) in [6.45, 7) is 3.91. The van der Waals surface area contributed by atoms with Gasteiger partial charge in [0.25, 0.3) is 5.91 Å². The molecule has 124 valence electrons. The zero-order chi connectivity index (χ0) is 16.8. The van der Waals surface area contributed by atoms with Crippen LogP contribution in [0.3, 0.4) is 0 Å². The fourth-order valence-electron chi connectivity index (χ4n) is 2.79. The molecule has 1 fully saturated rings. The lowest BCUT2D eigenvalue weighted by Gasteiger charge is -2.29. The van der Waals surface area contributed by atoms with Crippen LogP contribution in [-0.4, -0.2) is 29.9 Å². The van der Waals surface area contributed by atoms with Gasteiger partial charge in [0.1, 0.15) is 0 Å². The van der Waals surface area contributed by atoms with E-state index < -0.39 is 0 Å². The molecule has 1 heterocycles. The van der Waals surface area contributed by atoms with Crippen molar-refractivity contribution >= 4 is 17.6 Å². The maximum Gasteiger partial charge on any atom is 0.257 e. The fraction of sp³-hybridized carbons (Fsp3) is 0.300. The number of piperidine rings is 1. The number of rotatable bonds is 2. The minimum atomic E-state index is -0.118. The molecule has 4 nitrogen and oxygen atoms in total. The molecule has 4 heteroatoms. The highest BCUT2D eigenvalue weighted by molar-refractivity contribution is 6.06. The highest BCUT2D eigenvalue weighted by atomic mass is 16.1. The van der Waals surface area contributed by atoms with Gasteiger partial charge in [0, 0.05) is 18.7 Å².